The van der Waals surface area contributed by atoms with E-state index in [1.165, 1.54) is 6.42 Å². The summed E-state index contributed by atoms with van der Waals surface area (Å²) in [6, 6.07) is 8.40. The van der Waals surface area contributed by atoms with Crippen molar-refractivity contribution in [3.63, 3.8) is 0 Å². The van der Waals surface area contributed by atoms with Gasteiger partial charge in [-0.25, -0.2) is 0 Å². The quantitative estimate of drug-likeness (QED) is 0.901. The summed E-state index contributed by atoms with van der Waals surface area (Å²) >= 11 is 1.80. The number of ether oxygens (including phenoxy) is 1. The van der Waals surface area contributed by atoms with Gasteiger partial charge in [0, 0.05) is 11.4 Å². The Balaban J connectivity index is 1.93. The Morgan fingerprint density at radius 2 is 2.11 bits per heavy atom. The number of anilines is 1. The van der Waals surface area contributed by atoms with Crippen LogP contribution in [0.5, 0.6) is 5.75 Å². The van der Waals surface area contributed by atoms with Crippen molar-refractivity contribution in [1.82, 2.24) is 0 Å². The second kappa shape index (κ2) is 6.14. The molecular formula is C14H20N2OS. The van der Waals surface area contributed by atoms with Crippen molar-refractivity contribution in [2.45, 2.75) is 26.3 Å². The Bertz CT molecular complexity index is 414. The fourth-order valence-electron chi connectivity index (χ4n) is 1.95. The monoisotopic (exact) mass is 264 g/mol. The lowest BCUT2D eigenvalue weighted by Gasteiger charge is -2.07. The first-order valence-corrected chi connectivity index (χ1v) is 7.27. The van der Waals surface area contributed by atoms with Crippen LogP contribution in [0.25, 0.3) is 0 Å². The zero-order valence-electron chi connectivity index (χ0n) is 11.1. The van der Waals surface area contributed by atoms with Gasteiger partial charge in [-0.1, -0.05) is 25.6 Å². The summed E-state index contributed by atoms with van der Waals surface area (Å²) in [5.41, 5.74) is 1.06. The lowest BCUT2D eigenvalue weighted by atomic mass is 10.1. The Kier molecular flexibility index (Phi) is 4.53. The van der Waals surface area contributed by atoms with Gasteiger partial charge < -0.3 is 10.1 Å². The van der Waals surface area contributed by atoms with Crippen molar-refractivity contribution >= 4 is 22.6 Å². The number of methoxy groups -OCH3 is 1. The molecule has 18 heavy (non-hydrogen) atoms. The molecule has 0 saturated carbocycles. The number of amidine groups is 1. The van der Waals surface area contributed by atoms with Crippen LogP contribution in [-0.2, 0) is 0 Å². The summed E-state index contributed by atoms with van der Waals surface area (Å²) in [6.45, 7) is 4.49. The highest BCUT2D eigenvalue weighted by molar-refractivity contribution is 8.14. The first-order valence-electron chi connectivity index (χ1n) is 6.29. The molecule has 4 heteroatoms. The van der Waals surface area contributed by atoms with Crippen molar-refractivity contribution in [1.29, 1.82) is 0 Å². The van der Waals surface area contributed by atoms with Crippen LogP contribution in [0.3, 0.4) is 0 Å². The second-order valence-corrected chi connectivity index (χ2v) is 5.89. The van der Waals surface area contributed by atoms with Crippen LogP contribution in [0.1, 0.15) is 20.3 Å². The van der Waals surface area contributed by atoms with Gasteiger partial charge in [-0.15, -0.1) is 0 Å². The number of benzene rings is 1. The number of thioether (sulfide) groups is 1. The van der Waals surface area contributed by atoms with Crippen molar-refractivity contribution in [2.24, 2.45) is 10.9 Å². The van der Waals surface area contributed by atoms with E-state index >= 15 is 0 Å². The molecule has 0 aliphatic carbocycles. The Morgan fingerprint density at radius 1 is 1.39 bits per heavy atom. The largest absolute Gasteiger partial charge is 0.497 e. The van der Waals surface area contributed by atoms with E-state index in [1.54, 1.807) is 18.9 Å². The SMILES string of the molecule is COc1ccc(NC2=NC(CC(C)C)CS2)cc1. The summed E-state index contributed by atoms with van der Waals surface area (Å²) < 4.78 is 5.14. The van der Waals surface area contributed by atoms with Crippen LogP contribution >= 0.6 is 11.8 Å². The van der Waals surface area contributed by atoms with Gasteiger partial charge in [0.15, 0.2) is 5.17 Å². The highest BCUT2D eigenvalue weighted by Gasteiger charge is 2.19. The highest BCUT2D eigenvalue weighted by Crippen LogP contribution is 2.24. The predicted octanol–water partition coefficient (Wildman–Crippen LogP) is 3.62. The lowest BCUT2D eigenvalue weighted by Crippen LogP contribution is -2.08. The van der Waals surface area contributed by atoms with Gasteiger partial charge in [0.25, 0.3) is 0 Å². The Morgan fingerprint density at radius 3 is 2.72 bits per heavy atom. The number of hydrogen-bond donors (Lipinski definition) is 1. The average Bonchev–Trinajstić information content (AvgIpc) is 2.76. The number of nitrogens with zero attached hydrogens (tertiary/aromatic N) is 1. The van der Waals surface area contributed by atoms with Gasteiger partial charge in [-0.05, 0) is 36.6 Å². The van der Waals surface area contributed by atoms with Gasteiger partial charge in [0.2, 0.25) is 0 Å². The summed E-state index contributed by atoms with van der Waals surface area (Å²) in [4.78, 5) is 4.70. The fraction of sp³-hybridized carbons (Fsp3) is 0.500. The Labute approximate surface area is 113 Å². The van der Waals surface area contributed by atoms with E-state index < -0.39 is 0 Å². The van der Waals surface area contributed by atoms with E-state index in [9.17, 15) is 0 Å². The molecule has 0 amide bonds. The van der Waals surface area contributed by atoms with Gasteiger partial charge in [0.1, 0.15) is 5.75 Å². The summed E-state index contributed by atoms with van der Waals surface area (Å²) in [6.07, 6.45) is 1.17. The third-order valence-corrected chi connectivity index (χ3v) is 3.83. The molecule has 3 nitrogen and oxygen atoms in total. The van der Waals surface area contributed by atoms with E-state index in [0.29, 0.717) is 12.0 Å². The van der Waals surface area contributed by atoms with Crippen LogP contribution in [0.4, 0.5) is 5.69 Å². The molecule has 1 aromatic rings. The third kappa shape index (κ3) is 3.67. The average molecular weight is 264 g/mol. The van der Waals surface area contributed by atoms with Crippen LogP contribution in [0, 0.1) is 5.92 Å². The number of nitrogens with one attached hydrogen (secondary N) is 1. The Hall–Kier alpha value is -1.16. The molecule has 1 aliphatic rings. The molecular weight excluding hydrogens is 244 g/mol. The summed E-state index contributed by atoms with van der Waals surface area (Å²) in [5, 5.41) is 4.39. The van der Waals surface area contributed by atoms with Crippen LogP contribution in [-0.4, -0.2) is 24.1 Å². The molecule has 0 radical (unpaired) electrons. The summed E-state index contributed by atoms with van der Waals surface area (Å²) in [5.74, 6) is 2.68. The van der Waals surface area contributed by atoms with Crippen molar-refractivity contribution < 1.29 is 4.74 Å². The smallest absolute Gasteiger partial charge is 0.161 e. The third-order valence-electron chi connectivity index (χ3n) is 2.80. The van der Waals surface area contributed by atoms with E-state index in [0.717, 1.165) is 22.4 Å². The highest BCUT2D eigenvalue weighted by atomic mass is 32.2. The molecule has 2 rings (SSSR count). The molecule has 0 bridgehead atoms. The van der Waals surface area contributed by atoms with Gasteiger partial charge in [-0.2, -0.15) is 0 Å². The molecule has 0 aromatic heterocycles. The molecule has 0 spiro atoms. The van der Waals surface area contributed by atoms with E-state index in [2.05, 4.69) is 19.2 Å². The minimum absolute atomic E-state index is 0.468. The lowest BCUT2D eigenvalue weighted by molar-refractivity contribution is 0.415. The standard InChI is InChI=1S/C14H20N2OS/c1-10(2)8-12-9-18-14(16-12)15-11-4-6-13(17-3)7-5-11/h4-7,10,12H,8-9H2,1-3H3,(H,15,16). The zero-order chi connectivity index (χ0) is 13.0. The minimum Gasteiger partial charge on any atom is -0.497 e. The molecule has 1 aliphatic heterocycles. The number of aliphatic imine (C=N–C) groups is 1. The molecule has 0 fully saturated rings. The van der Waals surface area contributed by atoms with Crippen molar-refractivity contribution in [3.8, 4) is 5.75 Å². The van der Waals surface area contributed by atoms with Crippen LogP contribution in [0.15, 0.2) is 29.3 Å². The maximum absolute atomic E-state index is 5.14. The summed E-state index contributed by atoms with van der Waals surface area (Å²) in [7, 11) is 1.68. The topological polar surface area (TPSA) is 33.6 Å². The van der Waals surface area contributed by atoms with Crippen molar-refractivity contribution in [2.75, 3.05) is 18.2 Å². The van der Waals surface area contributed by atoms with Gasteiger partial charge in [-0.3, -0.25) is 4.99 Å². The molecule has 1 atom stereocenters. The maximum Gasteiger partial charge on any atom is 0.161 e. The van der Waals surface area contributed by atoms with E-state index in [4.69, 9.17) is 9.73 Å². The first-order chi connectivity index (χ1) is 8.67. The van der Waals surface area contributed by atoms with Crippen molar-refractivity contribution in [3.05, 3.63) is 24.3 Å². The predicted molar refractivity (Wildman–Crippen MR) is 79.8 cm³/mol. The van der Waals surface area contributed by atoms with E-state index in [1.807, 2.05) is 24.3 Å². The fourth-order valence-corrected chi connectivity index (χ4v) is 2.92. The van der Waals surface area contributed by atoms with Crippen LogP contribution < -0.4 is 10.1 Å². The van der Waals surface area contributed by atoms with Gasteiger partial charge >= 0.3 is 0 Å². The minimum atomic E-state index is 0.468. The molecule has 1 unspecified atom stereocenters. The molecule has 98 valence electrons. The molecule has 1 aromatic carbocycles. The number of hydrogen-bond acceptors (Lipinski definition) is 4. The molecule has 1 N–H and O–H groups in total. The van der Waals surface area contributed by atoms with E-state index in [-0.39, 0.29) is 0 Å². The van der Waals surface area contributed by atoms with Gasteiger partial charge in [0.05, 0.1) is 13.2 Å². The number of rotatable bonds is 4. The zero-order valence-corrected chi connectivity index (χ0v) is 12.0. The first kappa shape index (κ1) is 13.3. The molecule has 0 saturated heterocycles. The second-order valence-electron chi connectivity index (χ2n) is 4.88. The van der Waals surface area contributed by atoms with Crippen LogP contribution in [0.2, 0.25) is 0 Å². The normalized spacial score (nSPS) is 18.9. The molecule has 1 heterocycles. The maximum atomic E-state index is 5.14.